The number of hydrogen-bond donors (Lipinski definition) is 0. The molecule has 0 spiro atoms. The van der Waals surface area contributed by atoms with E-state index < -0.39 is 11.9 Å². The highest BCUT2D eigenvalue weighted by Crippen LogP contribution is 2.28. The Balaban J connectivity index is 2.30. The monoisotopic (exact) mass is 276 g/mol. The van der Waals surface area contributed by atoms with Crippen LogP contribution in [-0.2, 0) is 0 Å². The van der Waals surface area contributed by atoms with Crippen molar-refractivity contribution in [2.75, 3.05) is 0 Å². The van der Waals surface area contributed by atoms with Crippen LogP contribution in [0.3, 0.4) is 0 Å². The van der Waals surface area contributed by atoms with Gasteiger partial charge in [-0.25, -0.2) is 0 Å². The molecule has 0 radical (unpaired) electrons. The minimum Gasteiger partial charge on any atom is -0.264 e. The van der Waals surface area contributed by atoms with Crippen molar-refractivity contribution < 1.29 is 13.2 Å². The van der Waals surface area contributed by atoms with E-state index in [-0.39, 0.29) is 0 Å². The second kappa shape index (κ2) is 6.14. The lowest BCUT2D eigenvalue weighted by atomic mass is 10.2. The number of alkyl halides is 3. The highest BCUT2D eigenvalue weighted by atomic mass is 19.4. The van der Waals surface area contributed by atoms with Crippen molar-refractivity contribution in [1.82, 2.24) is 4.98 Å². The van der Waals surface area contributed by atoms with Gasteiger partial charge in [-0.15, -0.1) is 0 Å². The number of aliphatic imine (C=N–C) groups is 1. The van der Waals surface area contributed by atoms with E-state index in [9.17, 15) is 13.2 Å². The van der Waals surface area contributed by atoms with Gasteiger partial charge in [-0.2, -0.15) is 13.2 Å². The van der Waals surface area contributed by atoms with Crippen molar-refractivity contribution in [1.29, 1.82) is 0 Å². The summed E-state index contributed by atoms with van der Waals surface area (Å²) in [6, 6.07) is 11.5. The predicted molar refractivity (Wildman–Crippen MR) is 72.3 cm³/mol. The van der Waals surface area contributed by atoms with Crippen LogP contribution in [0.4, 0.5) is 13.2 Å². The Labute approximate surface area is 114 Å². The molecule has 2 aromatic rings. The Hall–Kier alpha value is -2.43. The van der Waals surface area contributed by atoms with Crippen molar-refractivity contribution >= 4 is 12.3 Å². The van der Waals surface area contributed by atoms with Crippen LogP contribution in [0.15, 0.2) is 65.5 Å². The molecule has 1 heterocycles. The van der Waals surface area contributed by atoms with E-state index in [1.54, 1.807) is 48.7 Å². The molecule has 0 fully saturated rings. The molecular weight excluding hydrogens is 265 g/mol. The van der Waals surface area contributed by atoms with E-state index in [4.69, 9.17) is 0 Å². The quantitative estimate of drug-likeness (QED) is 0.775. The zero-order valence-corrected chi connectivity index (χ0v) is 10.4. The second-order valence-electron chi connectivity index (χ2n) is 3.98. The molecular formula is C15H11F3N2. The fraction of sp³-hybridized carbons (Fsp3) is 0.0667. The number of aromatic nitrogens is 1. The van der Waals surface area contributed by atoms with Crippen LogP contribution < -0.4 is 0 Å². The Kier molecular flexibility index (Phi) is 4.30. The van der Waals surface area contributed by atoms with Gasteiger partial charge in [0.25, 0.3) is 0 Å². The zero-order valence-electron chi connectivity index (χ0n) is 10.4. The lowest BCUT2D eigenvalue weighted by molar-refractivity contribution is -0.0912. The number of pyridine rings is 1. The van der Waals surface area contributed by atoms with E-state index in [2.05, 4.69) is 9.98 Å². The first kappa shape index (κ1) is 14.0. The van der Waals surface area contributed by atoms with Crippen molar-refractivity contribution in [3.63, 3.8) is 0 Å². The first-order valence-corrected chi connectivity index (χ1v) is 5.84. The van der Waals surface area contributed by atoms with Gasteiger partial charge in [-0.05, 0) is 17.7 Å². The molecule has 1 aromatic carbocycles. The van der Waals surface area contributed by atoms with E-state index >= 15 is 0 Å². The molecule has 0 atom stereocenters. The summed E-state index contributed by atoms with van der Waals surface area (Å²) in [5.74, 6) is 0. The minimum absolute atomic E-state index is 0.447. The molecule has 1 aromatic heterocycles. The molecule has 0 unspecified atom stereocenters. The third kappa shape index (κ3) is 4.05. The number of allylic oxidation sites excluding steroid dienone is 1. The average Bonchev–Trinajstić information content (AvgIpc) is 2.44. The topological polar surface area (TPSA) is 25.2 Å². The summed E-state index contributed by atoms with van der Waals surface area (Å²) >= 11 is 0. The molecule has 0 amide bonds. The first-order valence-electron chi connectivity index (χ1n) is 5.84. The Morgan fingerprint density at radius 2 is 1.70 bits per heavy atom. The minimum atomic E-state index is -4.51. The van der Waals surface area contributed by atoms with Crippen molar-refractivity contribution in [2.24, 2.45) is 4.99 Å². The molecule has 0 saturated heterocycles. The molecule has 0 aliphatic carbocycles. The number of benzene rings is 1. The maximum atomic E-state index is 12.9. The van der Waals surface area contributed by atoms with Crippen LogP contribution in [0.2, 0.25) is 0 Å². The number of nitrogens with zero attached hydrogens (tertiary/aromatic N) is 2. The van der Waals surface area contributed by atoms with E-state index in [1.807, 2.05) is 0 Å². The molecule has 2 rings (SSSR count). The Morgan fingerprint density at radius 1 is 1.00 bits per heavy atom. The summed E-state index contributed by atoms with van der Waals surface area (Å²) in [4.78, 5) is 7.35. The maximum absolute atomic E-state index is 12.9. The van der Waals surface area contributed by atoms with Crippen LogP contribution in [0.25, 0.3) is 6.08 Å². The molecule has 0 aliphatic rings. The molecule has 0 N–H and O–H groups in total. The molecule has 0 aliphatic heterocycles. The van der Waals surface area contributed by atoms with Crippen LogP contribution in [-0.4, -0.2) is 17.4 Å². The van der Waals surface area contributed by atoms with Gasteiger partial charge in [0.2, 0.25) is 0 Å². The van der Waals surface area contributed by atoms with Crippen molar-refractivity contribution in [2.45, 2.75) is 6.18 Å². The van der Waals surface area contributed by atoms with Gasteiger partial charge in [-0.3, -0.25) is 9.98 Å². The van der Waals surface area contributed by atoms with Crippen LogP contribution in [0.5, 0.6) is 0 Å². The van der Waals surface area contributed by atoms with E-state index in [0.717, 1.165) is 12.3 Å². The van der Waals surface area contributed by atoms with Gasteiger partial charge >= 0.3 is 6.18 Å². The lowest BCUT2D eigenvalue weighted by Crippen LogP contribution is -2.10. The van der Waals surface area contributed by atoms with Gasteiger partial charge < -0.3 is 0 Å². The second-order valence-corrected chi connectivity index (χ2v) is 3.98. The predicted octanol–water partition coefficient (Wildman–Crippen LogP) is 4.10. The van der Waals surface area contributed by atoms with E-state index in [0.29, 0.717) is 11.1 Å². The number of rotatable bonds is 3. The summed E-state index contributed by atoms with van der Waals surface area (Å²) < 4.78 is 38.7. The van der Waals surface area contributed by atoms with Gasteiger partial charge in [0.1, 0.15) is 5.70 Å². The van der Waals surface area contributed by atoms with Gasteiger partial charge in [0, 0.05) is 24.2 Å². The normalized spacial score (nSPS) is 12.8. The summed E-state index contributed by atoms with van der Waals surface area (Å²) in [5.41, 5.74) is 0.00595. The summed E-state index contributed by atoms with van der Waals surface area (Å²) in [7, 11) is 0. The van der Waals surface area contributed by atoms with Crippen LogP contribution in [0, 0.1) is 0 Å². The molecule has 0 bridgehead atoms. The summed E-state index contributed by atoms with van der Waals surface area (Å²) in [6.07, 6.45) is 0.637. The summed E-state index contributed by atoms with van der Waals surface area (Å²) in [6.45, 7) is 0. The Bertz CT molecular complexity index is 602. The van der Waals surface area contributed by atoms with E-state index in [1.165, 1.54) is 6.20 Å². The molecule has 0 saturated carbocycles. The standard InChI is InChI=1S/C15H11F3N2/c16-15(17,18)14(9-12-5-2-1-3-6-12)20-11-13-7-4-8-19-10-13/h1-11H/b14-9-,20-11?. The van der Waals surface area contributed by atoms with Gasteiger partial charge in [0.15, 0.2) is 0 Å². The zero-order chi connectivity index (χ0) is 14.4. The fourth-order valence-electron chi connectivity index (χ4n) is 1.50. The van der Waals surface area contributed by atoms with Crippen LogP contribution in [0.1, 0.15) is 11.1 Å². The maximum Gasteiger partial charge on any atom is 0.433 e. The highest BCUT2D eigenvalue weighted by Gasteiger charge is 2.33. The molecule has 2 nitrogen and oxygen atoms in total. The number of hydrogen-bond acceptors (Lipinski definition) is 2. The lowest BCUT2D eigenvalue weighted by Gasteiger charge is -2.06. The van der Waals surface area contributed by atoms with Gasteiger partial charge in [0.05, 0.1) is 0 Å². The molecule has 102 valence electrons. The summed E-state index contributed by atoms with van der Waals surface area (Å²) in [5, 5.41) is 0. The Morgan fingerprint density at radius 3 is 2.30 bits per heavy atom. The fourth-order valence-corrected chi connectivity index (χ4v) is 1.50. The smallest absolute Gasteiger partial charge is 0.264 e. The third-order valence-corrected chi connectivity index (χ3v) is 2.43. The van der Waals surface area contributed by atoms with Crippen molar-refractivity contribution in [3.8, 4) is 0 Å². The SMILES string of the molecule is FC(F)(F)/C(=C/c1ccccc1)N=Cc1cccnc1. The first-order chi connectivity index (χ1) is 9.55. The van der Waals surface area contributed by atoms with Crippen LogP contribution >= 0.6 is 0 Å². The highest BCUT2D eigenvalue weighted by molar-refractivity contribution is 5.80. The largest absolute Gasteiger partial charge is 0.433 e. The molecule has 5 heteroatoms. The van der Waals surface area contributed by atoms with Crippen molar-refractivity contribution in [3.05, 3.63) is 71.7 Å². The number of halogens is 3. The van der Waals surface area contributed by atoms with Gasteiger partial charge in [-0.1, -0.05) is 36.4 Å². The third-order valence-electron chi connectivity index (χ3n) is 2.43. The average molecular weight is 276 g/mol. The molecule has 20 heavy (non-hydrogen) atoms.